The van der Waals surface area contributed by atoms with Crippen LogP contribution in [0.25, 0.3) is 0 Å². The van der Waals surface area contributed by atoms with E-state index in [0.29, 0.717) is 6.54 Å². The van der Waals surface area contributed by atoms with Crippen molar-refractivity contribution in [3.05, 3.63) is 35.9 Å². The molecule has 0 bridgehead atoms. The molecule has 14 heavy (non-hydrogen) atoms. The molecule has 1 rings (SSSR count). The monoisotopic (exact) mass is 193 g/mol. The lowest BCUT2D eigenvalue weighted by molar-refractivity contribution is -0.143. The first-order valence-corrected chi connectivity index (χ1v) is 4.64. The highest BCUT2D eigenvalue weighted by Gasteiger charge is 2.22. The maximum absolute atomic E-state index is 11.1. The average molecular weight is 193 g/mol. The van der Waals surface area contributed by atoms with Gasteiger partial charge in [0, 0.05) is 0 Å². The van der Waals surface area contributed by atoms with E-state index in [1.54, 1.807) is 4.90 Å². The minimum Gasteiger partial charge on any atom is -0.480 e. The standard InChI is InChI=1S/C11H15NO2/c1-3-12(2)10(11(13)14)9-7-5-4-6-8-9/h4-8,10H,3H2,1-2H3,(H,13,14). The van der Waals surface area contributed by atoms with Gasteiger partial charge in [0.2, 0.25) is 0 Å². The molecule has 0 aromatic heterocycles. The lowest BCUT2D eigenvalue weighted by Crippen LogP contribution is -2.30. The molecule has 0 spiro atoms. The fourth-order valence-corrected chi connectivity index (χ4v) is 1.40. The van der Waals surface area contributed by atoms with E-state index in [4.69, 9.17) is 5.11 Å². The topological polar surface area (TPSA) is 40.5 Å². The van der Waals surface area contributed by atoms with E-state index in [2.05, 4.69) is 0 Å². The Morgan fingerprint density at radius 2 is 2.00 bits per heavy atom. The molecule has 1 N–H and O–H groups in total. The maximum atomic E-state index is 11.1. The second kappa shape index (κ2) is 4.77. The van der Waals surface area contributed by atoms with E-state index < -0.39 is 12.0 Å². The number of nitrogens with zero attached hydrogens (tertiary/aromatic N) is 1. The summed E-state index contributed by atoms with van der Waals surface area (Å²) in [5, 5.41) is 9.09. The number of carboxylic acids is 1. The number of hydrogen-bond donors (Lipinski definition) is 1. The second-order valence-corrected chi connectivity index (χ2v) is 3.22. The van der Waals surface area contributed by atoms with E-state index in [9.17, 15) is 4.79 Å². The van der Waals surface area contributed by atoms with Crippen LogP contribution in [-0.2, 0) is 4.79 Å². The first-order valence-electron chi connectivity index (χ1n) is 4.64. The summed E-state index contributed by atoms with van der Waals surface area (Å²) in [5.74, 6) is -0.805. The molecule has 0 saturated heterocycles. The molecule has 3 heteroatoms. The van der Waals surface area contributed by atoms with Crippen molar-refractivity contribution in [3.63, 3.8) is 0 Å². The number of carboxylic acid groups (broad SMARTS) is 1. The molecular weight excluding hydrogens is 178 g/mol. The SMILES string of the molecule is CCN(C)C(C(=O)O)c1ccccc1. The lowest BCUT2D eigenvalue weighted by atomic mass is 10.1. The summed E-state index contributed by atoms with van der Waals surface area (Å²) in [4.78, 5) is 12.9. The van der Waals surface area contributed by atoms with Crippen molar-refractivity contribution in [1.29, 1.82) is 0 Å². The van der Waals surface area contributed by atoms with Crippen molar-refractivity contribution in [3.8, 4) is 0 Å². The molecule has 0 aliphatic rings. The van der Waals surface area contributed by atoms with Gasteiger partial charge in [-0.15, -0.1) is 0 Å². The summed E-state index contributed by atoms with van der Waals surface area (Å²) in [6, 6.07) is 8.73. The first kappa shape index (κ1) is 10.7. The Bertz CT molecular complexity index is 297. The van der Waals surface area contributed by atoms with Gasteiger partial charge in [0.25, 0.3) is 0 Å². The van der Waals surface area contributed by atoms with E-state index in [-0.39, 0.29) is 0 Å². The van der Waals surface area contributed by atoms with Gasteiger partial charge < -0.3 is 5.11 Å². The second-order valence-electron chi connectivity index (χ2n) is 3.22. The number of rotatable bonds is 4. The minimum atomic E-state index is -0.805. The average Bonchev–Trinajstić information content (AvgIpc) is 2.19. The third kappa shape index (κ3) is 2.33. The molecule has 0 aliphatic carbocycles. The fraction of sp³-hybridized carbons (Fsp3) is 0.364. The Morgan fingerprint density at radius 3 is 2.43 bits per heavy atom. The largest absolute Gasteiger partial charge is 0.480 e. The molecule has 0 amide bonds. The molecule has 1 aromatic rings. The molecule has 3 nitrogen and oxygen atoms in total. The van der Waals surface area contributed by atoms with Crippen molar-refractivity contribution in [2.75, 3.05) is 13.6 Å². The van der Waals surface area contributed by atoms with E-state index >= 15 is 0 Å². The number of benzene rings is 1. The van der Waals surface area contributed by atoms with Gasteiger partial charge in [0.15, 0.2) is 0 Å². The first-order chi connectivity index (χ1) is 6.66. The zero-order valence-electron chi connectivity index (χ0n) is 8.47. The van der Waals surface area contributed by atoms with Crippen molar-refractivity contribution in [2.45, 2.75) is 13.0 Å². The summed E-state index contributed by atoms with van der Waals surface area (Å²) in [5.41, 5.74) is 0.823. The summed E-state index contributed by atoms with van der Waals surface area (Å²) < 4.78 is 0. The third-order valence-electron chi connectivity index (χ3n) is 2.29. The van der Waals surface area contributed by atoms with Crippen LogP contribution < -0.4 is 0 Å². The molecule has 0 heterocycles. The Balaban J connectivity index is 2.95. The Labute approximate surface area is 84.0 Å². The van der Waals surface area contributed by atoms with Crippen LogP contribution in [0.1, 0.15) is 18.5 Å². The molecule has 1 aromatic carbocycles. The van der Waals surface area contributed by atoms with Gasteiger partial charge in [-0.1, -0.05) is 37.3 Å². The van der Waals surface area contributed by atoms with Gasteiger partial charge in [0.05, 0.1) is 0 Å². The normalized spacial score (nSPS) is 12.8. The number of carbonyl (C=O) groups is 1. The highest BCUT2D eigenvalue weighted by Crippen LogP contribution is 2.18. The summed E-state index contributed by atoms with van der Waals surface area (Å²) >= 11 is 0. The van der Waals surface area contributed by atoms with Gasteiger partial charge in [0.1, 0.15) is 6.04 Å². The third-order valence-corrected chi connectivity index (χ3v) is 2.29. The molecule has 0 radical (unpaired) electrons. The fourth-order valence-electron chi connectivity index (χ4n) is 1.40. The quantitative estimate of drug-likeness (QED) is 0.792. The number of aliphatic carboxylic acids is 1. The van der Waals surface area contributed by atoms with Gasteiger partial charge in [-0.25, -0.2) is 0 Å². The molecule has 0 saturated carbocycles. The van der Waals surface area contributed by atoms with E-state index in [1.165, 1.54) is 0 Å². The predicted octanol–water partition coefficient (Wildman–Crippen LogP) is 1.76. The van der Waals surface area contributed by atoms with Crippen molar-refractivity contribution < 1.29 is 9.90 Å². The minimum absolute atomic E-state index is 0.541. The summed E-state index contributed by atoms with van der Waals surface area (Å²) in [6.07, 6.45) is 0. The van der Waals surface area contributed by atoms with Crippen LogP contribution in [0.3, 0.4) is 0 Å². The van der Waals surface area contributed by atoms with Crippen molar-refractivity contribution in [1.82, 2.24) is 4.90 Å². The van der Waals surface area contributed by atoms with Crippen LogP contribution in [0.5, 0.6) is 0 Å². The zero-order chi connectivity index (χ0) is 10.6. The van der Waals surface area contributed by atoms with Gasteiger partial charge in [-0.3, -0.25) is 9.69 Å². The Morgan fingerprint density at radius 1 is 1.43 bits per heavy atom. The molecule has 0 fully saturated rings. The van der Waals surface area contributed by atoms with Crippen LogP contribution in [-0.4, -0.2) is 29.6 Å². The number of likely N-dealkylation sites (N-methyl/N-ethyl adjacent to an activating group) is 1. The van der Waals surface area contributed by atoms with Gasteiger partial charge in [-0.05, 0) is 19.2 Å². The van der Waals surface area contributed by atoms with Crippen LogP contribution in [0.2, 0.25) is 0 Å². The maximum Gasteiger partial charge on any atom is 0.325 e. The molecule has 1 atom stereocenters. The predicted molar refractivity (Wildman–Crippen MR) is 55.1 cm³/mol. The van der Waals surface area contributed by atoms with Gasteiger partial charge in [-0.2, -0.15) is 0 Å². The summed E-state index contributed by atoms with van der Waals surface area (Å²) in [6.45, 7) is 2.66. The van der Waals surface area contributed by atoms with Crippen LogP contribution in [0, 0.1) is 0 Å². The highest BCUT2D eigenvalue weighted by atomic mass is 16.4. The lowest BCUT2D eigenvalue weighted by Gasteiger charge is -2.23. The molecule has 1 unspecified atom stereocenters. The number of hydrogen-bond acceptors (Lipinski definition) is 2. The van der Waals surface area contributed by atoms with Crippen LogP contribution in [0.4, 0.5) is 0 Å². The highest BCUT2D eigenvalue weighted by molar-refractivity contribution is 5.75. The Hall–Kier alpha value is -1.35. The van der Waals surface area contributed by atoms with E-state index in [1.807, 2.05) is 44.3 Å². The van der Waals surface area contributed by atoms with Gasteiger partial charge >= 0.3 is 5.97 Å². The van der Waals surface area contributed by atoms with Crippen molar-refractivity contribution in [2.24, 2.45) is 0 Å². The van der Waals surface area contributed by atoms with Crippen LogP contribution >= 0.6 is 0 Å². The smallest absolute Gasteiger partial charge is 0.325 e. The molecular formula is C11H15NO2. The summed E-state index contributed by atoms with van der Waals surface area (Å²) in [7, 11) is 1.81. The van der Waals surface area contributed by atoms with Crippen molar-refractivity contribution >= 4 is 5.97 Å². The van der Waals surface area contributed by atoms with Crippen LogP contribution in [0.15, 0.2) is 30.3 Å². The molecule has 0 aliphatic heterocycles. The zero-order valence-corrected chi connectivity index (χ0v) is 8.47. The molecule has 76 valence electrons. The Kier molecular flexibility index (Phi) is 3.65. The van der Waals surface area contributed by atoms with E-state index in [0.717, 1.165) is 5.56 Å².